The summed E-state index contributed by atoms with van der Waals surface area (Å²) in [6.07, 6.45) is 7.23. The Hall–Kier alpha value is -1.42. The lowest BCUT2D eigenvalue weighted by Crippen LogP contribution is -2.48. The summed E-state index contributed by atoms with van der Waals surface area (Å²) in [5, 5.41) is 0. The van der Waals surface area contributed by atoms with E-state index < -0.39 is 0 Å². The fraction of sp³-hybridized carbons (Fsp3) is 0.667. The molecule has 1 aliphatic heterocycles. The van der Waals surface area contributed by atoms with Crippen molar-refractivity contribution in [3.8, 4) is 0 Å². The first kappa shape index (κ1) is 16.9. The summed E-state index contributed by atoms with van der Waals surface area (Å²) in [6.45, 7) is 7.23. The SMILES string of the molecule is CCCCN1CCC(Cc2ccccn2)(OC(=O)CC)CC1. The highest BCUT2D eigenvalue weighted by atomic mass is 16.6. The number of hydrogen-bond acceptors (Lipinski definition) is 4. The van der Waals surface area contributed by atoms with Crippen molar-refractivity contribution in [2.45, 2.75) is 58.0 Å². The molecule has 1 aliphatic rings. The molecule has 0 atom stereocenters. The average molecular weight is 304 g/mol. The third-order valence-electron chi connectivity index (χ3n) is 4.44. The number of rotatable bonds is 7. The van der Waals surface area contributed by atoms with Crippen LogP contribution in [0, 0.1) is 0 Å². The van der Waals surface area contributed by atoms with E-state index in [0.29, 0.717) is 6.42 Å². The van der Waals surface area contributed by atoms with E-state index in [4.69, 9.17) is 4.74 Å². The third-order valence-corrected chi connectivity index (χ3v) is 4.44. The van der Waals surface area contributed by atoms with E-state index >= 15 is 0 Å². The molecule has 122 valence electrons. The van der Waals surface area contributed by atoms with Crippen molar-refractivity contribution in [3.63, 3.8) is 0 Å². The van der Waals surface area contributed by atoms with Crippen LogP contribution in [0.1, 0.15) is 51.6 Å². The van der Waals surface area contributed by atoms with Gasteiger partial charge < -0.3 is 9.64 Å². The minimum atomic E-state index is -0.371. The molecule has 22 heavy (non-hydrogen) atoms. The number of esters is 1. The molecule has 1 fully saturated rings. The number of aromatic nitrogens is 1. The second-order valence-electron chi connectivity index (χ2n) is 6.20. The van der Waals surface area contributed by atoms with Crippen LogP contribution in [-0.4, -0.2) is 41.1 Å². The fourth-order valence-corrected chi connectivity index (χ4v) is 3.03. The average Bonchev–Trinajstić information content (AvgIpc) is 2.55. The highest BCUT2D eigenvalue weighted by Gasteiger charge is 2.38. The van der Waals surface area contributed by atoms with Gasteiger partial charge in [0.15, 0.2) is 0 Å². The Morgan fingerprint density at radius 3 is 2.68 bits per heavy atom. The van der Waals surface area contributed by atoms with Crippen molar-refractivity contribution in [1.82, 2.24) is 9.88 Å². The van der Waals surface area contributed by atoms with Gasteiger partial charge in [-0.2, -0.15) is 0 Å². The summed E-state index contributed by atoms with van der Waals surface area (Å²) < 4.78 is 5.88. The largest absolute Gasteiger partial charge is 0.459 e. The van der Waals surface area contributed by atoms with E-state index in [1.165, 1.54) is 12.8 Å². The smallest absolute Gasteiger partial charge is 0.306 e. The number of ether oxygens (including phenoxy) is 1. The van der Waals surface area contributed by atoms with Gasteiger partial charge in [0.05, 0.1) is 0 Å². The van der Waals surface area contributed by atoms with E-state index in [9.17, 15) is 4.79 Å². The summed E-state index contributed by atoms with van der Waals surface area (Å²) >= 11 is 0. The van der Waals surface area contributed by atoms with Crippen LogP contribution in [0.5, 0.6) is 0 Å². The van der Waals surface area contributed by atoms with Gasteiger partial charge in [-0.3, -0.25) is 9.78 Å². The Balaban J connectivity index is 2.02. The van der Waals surface area contributed by atoms with Crippen LogP contribution in [0.4, 0.5) is 0 Å². The summed E-state index contributed by atoms with van der Waals surface area (Å²) in [5.41, 5.74) is 0.637. The molecule has 0 spiro atoms. The molecule has 0 N–H and O–H groups in total. The second-order valence-corrected chi connectivity index (χ2v) is 6.20. The number of piperidine rings is 1. The van der Waals surface area contributed by atoms with E-state index in [-0.39, 0.29) is 11.6 Å². The quantitative estimate of drug-likeness (QED) is 0.725. The highest BCUT2D eigenvalue weighted by Crippen LogP contribution is 2.30. The molecule has 1 saturated heterocycles. The number of unbranched alkanes of at least 4 members (excludes halogenated alkanes) is 1. The molecule has 2 heterocycles. The zero-order valence-corrected chi connectivity index (χ0v) is 13.9. The number of hydrogen-bond donors (Lipinski definition) is 0. The van der Waals surface area contributed by atoms with Gasteiger partial charge in [-0.05, 0) is 25.1 Å². The van der Waals surface area contributed by atoms with Gasteiger partial charge in [-0.25, -0.2) is 0 Å². The number of pyridine rings is 1. The van der Waals surface area contributed by atoms with Gasteiger partial charge in [-0.15, -0.1) is 0 Å². The molecule has 0 unspecified atom stereocenters. The second kappa shape index (κ2) is 8.28. The molecule has 0 saturated carbocycles. The molecular formula is C18H28N2O2. The summed E-state index contributed by atoms with van der Waals surface area (Å²) in [6, 6.07) is 5.93. The normalized spacial score (nSPS) is 18.1. The first-order chi connectivity index (χ1) is 10.7. The van der Waals surface area contributed by atoms with Crippen molar-refractivity contribution in [2.24, 2.45) is 0 Å². The summed E-state index contributed by atoms with van der Waals surface area (Å²) in [7, 11) is 0. The van der Waals surface area contributed by atoms with Crippen LogP contribution < -0.4 is 0 Å². The highest BCUT2D eigenvalue weighted by molar-refractivity contribution is 5.69. The molecule has 1 aromatic heterocycles. The molecule has 2 rings (SSSR count). The van der Waals surface area contributed by atoms with Crippen molar-refractivity contribution in [3.05, 3.63) is 30.1 Å². The number of carbonyl (C=O) groups excluding carboxylic acids is 1. The van der Waals surface area contributed by atoms with Gasteiger partial charge >= 0.3 is 5.97 Å². The van der Waals surface area contributed by atoms with E-state index in [1.54, 1.807) is 6.20 Å². The Labute approximate surface area is 133 Å². The topological polar surface area (TPSA) is 42.4 Å². The van der Waals surface area contributed by atoms with Crippen molar-refractivity contribution < 1.29 is 9.53 Å². The maximum atomic E-state index is 11.9. The molecule has 0 bridgehead atoms. The standard InChI is InChI=1S/C18H28N2O2/c1-3-5-12-20-13-9-18(10-14-20,22-17(21)4-2)15-16-8-6-7-11-19-16/h6-8,11H,3-5,9-10,12-15H2,1-2H3. The van der Waals surface area contributed by atoms with Gasteiger partial charge in [0.25, 0.3) is 0 Å². The Morgan fingerprint density at radius 2 is 2.09 bits per heavy atom. The van der Waals surface area contributed by atoms with Gasteiger partial charge in [0.1, 0.15) is 5.60 Å². The van der Waals surface area contributed by atoms with Crippen molar-refractivity contribution in [1.29, 1.82) is 0 Å². The van der Waals surface area contributed by atoms with Crippen molar-refractivity contribution >= 4 is 5.97 Å². The molecule has 4 heteroatoms. The zero-order valence-electron chi connectivity index (χ0n) is 13.9. The minimum Gasteiger partial charge on any atom is -0.459 e. The monoisotopic (exact) mass is 304 g/mol. The van der Waals surface area contributed by atoms with Crippen LogP contribution in [0.15, 0.2) is 24.4 Å². The van der Waals surface area contributed by atoms with Crippen LogP contribution in [-0.2, 0) is 16.0 Å². The number of nitrogens with zero attached hydrogens (tertiary/aromatic N) is 2. The predicted octanol–water partition coefficient (Wildman–Crippen LogP) is 3.21. The molecule has 0 amide bonds. The lowest BCUT2D eigenvalue weighted by molar-refractivity contribution is -0.164. The molecule has 0 radical (unpaired) electrons. The van der Waals surface area contributed by atoms with Crippen LogP contribution >= 0.6 is 0 Å². The van der Waals surface area contributed by atoms with Gasteiger partial charge in [0, 0.05) is 50.7 Å². The third kappa shape index (κ3) is 4.80. The van der Waals surface area contributed by atoms with Gasteiger partial charge in [0.2, 0.25) is 0 Å². The first-order valence-electron chi connectivity index (χ1n) is 8.51. The maximum Gasteiger partial charge on any atom is 0.306 e. The van der Waals surface area contributed by atoms with E-state index in [2.05, 4.69) is 16.8 Å². The molecular weight excluding hydrogens is 276 g/mol. The molecule has 4 nitrogen and oxygen atoms in total. The van der Waals surface area contributed by atoms with Gasteiger partial charge in [-0.1, -0.05) is 26.3 Å². The lowest BCUT2D eigenvalue weighted by Gasteiger charge is -2.41. The summed E-state index contributed by atoms with van der Waals surface area (Å²) in [5.74, 6) is -0.0991. The van der Waals surface area contributed by atoms with Crippen LogP contribution in [0.25, 0.3) is 0 Å². The maximum absolute atomic E-state index is 11.9. The van der Waals surface area contributed by atoms with E-state index in [1.807, 2.05) is 25.1 Å². The zero-order chi connectivity index (χ0) is 15.8. The summed E-state index contributed by atoms with van der Waals surface area (Å²) in [4.78, 5) is 18.8. The minimum absolute atomic E-state index is 0.0991. The Kier molecular flexibility index (Phi) is 6.37. The Bertz CT molecular complexity index is 453. The predicted molar refractivity (Wildman–Crippen MR) is 87.6 cm³/mol. The fourth-order valence-electron chi connectivity index (χ4n) is 3.03. The van der Waals surface area contributed by atoms with Crippen LogP contribution in [0.3, 0.4) is 0 Å². The van der Waals surface area contributed by atoms with Crippen molar-refractivity contribution in [2.75, 3.05) is 19.6 Å². The number of likely N-dealkylation sites (tertiary alicyclic amines) is 1. The lowest BCUT2D eigenvalue weighted by atomic mass is 9.86. The van der Waals surface area contributed by atoms with E-state index in [0.717, 1.165) is 44.6 Å². The molecule has 1 aromatic rings. The molecule has 0 aliphatic carbocycles. The first-order valence-corrected chi connectivity index (χ1v) is 8.51. The number of carbonyl (C=O) groups is 1. The Morgan fingerprint density at radius 1 is 1.32 bits per heavy atom. The molecule has 0 aromatic carbocycles. The van der Waals surface area contributed by atoms with Crippen LogP contribution in [0.2, 0.25) is 0 Å².